The fraction of sp³-hybridized carbons (Fsp3) is 0.125. The van der Waals surface area contributed by atoms with Crippen molar-refractivity contribution in [1.82, 2.24) is 0 Å². The Hall–Kier alpha value is -1.86. The standard InChI is InChI=1S/C8H3F5O3/c9-3-1-2(7(14)15)4(10)6(5(3)11)16-8(12)13/h1,8H,(H,14,15). The van der Waals surface area contributed by atoms with Crippen molar-refractivity contribution < 1.29 is 36.6 Å². The summed E-state index contributed by atoms with van der Waals surface area (Å²) in [6.45, 7) is -3.60. The molecule has 1 aromatic carbocycles. The maximum Gasteiger partial charge on any atom is 0.387 e. The summed E-state index contributed by atoms with van der Waals surface area (Å²) in [4.78, 5) is 10.4. The summed E-state index contributed by atoms with van der Waals surface area (Å²) in [7, 11) is 0. The van der Waals surface area contributed by atoms with Gasteiger partial charge in [-0.25, -0.2) is 13.6 Å². The molecule has 8 heteroatoms. The van der Waals surface area contributed by atoms with E-state index < -0.39 is 41.3 Å². The lowest BCUT2D eigenvalue weighted by atomic mass is 10.2. The van der Waals surface area contributed by atoms with Gasteiger partial charge in [-0.1, -0.05) is 0 Å². The predicted octanol–water partition coefficient (Wildman–Crippen LogP) is 2.40. The first-order valence-electron chi connectivity index (χ1n) is 3.70. The Morgan fingerprint density at radius 3 is 2.25 bits per heavy atom. The maximum atomic E-state index is 13.1. The van der Waals surface area contributed by atoms with Crippen molar-refractivity contribution in [2.24, 2.45) is 0 Å². The van der Waals surface area contributed by atoms with E-state index in [4.69, 9.17) is 5.11 Å². The van der Waals surface area contributed by atoms with Gasteiger partial charge in [-0.3, -0.25) is 0 Å². The number of rotatable bonds is 3. The van der Waals surface area contributed by atoms with Crippen LogP contribution in [0.2, 0.25) is 0 Å². The second-order valence-electron chi connectivity index (χ2n) is 2.55. The summed E-state index contributed by atoms with van der Waals surface area (Å²) in [5.74, 6) is -9.40. The van der Waals surface area contributed by atoms with Crippen LogP contribution in [-0.4, -0.2) is 17.7 Å². The molecule has 1 rings (SSSR count). The molecule has 16 heavy (non-hydrogen) atoms. The zero-order valence-corrected chi connectivity index (χ0v) is 7.31. The maximum absolute atomic E-state index is 13.1. The van der Waals surface area contributed by atoms with Crippen LogP contribution in [0.4, 0.5) is 22.0 Å². The number of hydrogen-bond donors (Lipinski definition) is 1. The normalized spacial score (nSPS) is 10.6. The average Bonchev–Trinajstić information content (AvgIpc) is 2.17. The van der Waals surface area contributed by atoms with Gasteiger partial charge in [0.05, 0.1) is 0 Å². The van der Waals surface area contributed by atoms with Gasteiger partial charge in [0, 0.05) is 0 Å². The van der Waals surface area contributed by atoms with E-state index in [2.05, 4.69) is 4.74 Å². The van der Waals surface area contributed by atoms with E-state index in [0.29, 0.717) is 0 Å². The minimum absolute atomic E-state index is 0.0331. The van der Waals surface area contributed by atoms with Gasteiger partial charge in [-0.05, 0) is 6.07 Å². The molecule has 0 aromatic heterocycles. The number of hydrogen-bond acceptors (Lipinski definition) is 2. The van der Waals surface area contributed by atoms with E-state index in [-0.39, 0.29) is 6.07 Å². The molecule has 0 aliphatic rings. The highest BCUT2D eigenvalue weighted by Gasteiger charge is 2.25. The van der Waals surface area contributed by atoms with Crippen molar-refractivity contribution >= 4 is 5.97 Å². The molecule has 0 amide bonds. The highest BCUT2D eigenvalue weighted by molar-refractivity contribution is 5.88. The molecule has 0 unspecified atom stereocenters. The number of halogens is 5. The Labute approximate surface area is 85.1 Å². The Kier molecular flexibility index (Phi) is 3.31. The third-order valence-corrected chi connectivity index (χ3v) is 1.55. The minimum Gasteiger partial charge on any atom is -0.478 e. The summed E-state index contributed by atoms with van der Waals surface area (Å²) in [6, 6.07) is 0.0331. The number of carboxylic acid groups (broad SMARTS) is 1. The molecule has 0 saturated heterocycles. The molecular weight excluding hydrogens is 239 g/mol. The van der Waals surface area contributed by atoms with Crippen molar-refractivity contribution in [2.75, 3.05) is 0 Å². The zero-order chi connectivity index (χ0) is 12.5. The summed E-state index contributed by atoms with van der Waals surface area (Å²) < 4.78 is 65.4. The van der Waals surface area contributed by atoms with E-state index in [1.54, 1.807) is 0 Å². The second kappa shape index (κ2) is 4.33. The van der Waals surface area contributed by atoms with E-state index in [0.717, 1.165) is 0 Å². The van der Waals surface area contributed by atoms with Crippen LogP contribution in [0.1, 0.15) is 10.4 Å². The monoisotopic (exact) mass is 242 g/mol. The summed E-state index contributed by atoms with van der Waals surface area (Å²) in [6.07, 6.45) is 0. The average molecular weight is 242 g/mol. The summed E-state index contributed by atoms with van der Waals surface area (Å²) >= 11 is 0. The summed E-state index contributed by atoms with van der Waals surface area (Å²) in [5.41, 5.74) is -1.30. The first-order chi connectivity index (χ1) is 7.34. The number of carbonyl (C=O) groups is 1. The molecule has 88 valence electrons. The fourth-order valence-corrected chi connectivity index (χ4v) is 0.929. The topological polar surface area (TPSA) is 46.5 Å². The van der Waals surface area contributed by atoms with Crippen LogP contribution in [0, 0.1) is 17.5 Å². The molecule has 0 saturated carbocycles. The van der Waals surface area contributed by atoms with Gasteiger partial charge in [0.1, 0.15) is 5.56 Å². The Balaban J connectivity index is 3.39. The van der Waals surface area contributed by atoms with Crippen LogP contribution in [0.3, 0.4) is 0 Å². The van der Waals surface area contributed by atoms with Crippen LogP contribution >= 0.6 is 0 Å². The fourth-order valence-electron chi connectivity index (χ4n) is 0.929. The minimum atomic E-state index is -3.60. The largest absolute Gasteiger partial charge is 0.478 e. The van der Waals surface area contributed by atoms with Gasteiger partial charge < -0.3 is 9.84 Å². The first kappa shape index (κ1) is 12.2. The predicted molar refractivity (Wildman–Crippen MR) is 39.9 cm³/mol. The lowest BCUT2D eigenvalue weighted by Crippen LogP contribution is -2.11. The van der Waals surface area contributed by atoms with Crippen molar-refractivity contribution in [3.63, 3.8) is 0 Å². The first-order valence-corrected chi connectivity index (χ1v) is 3.70. The molecule has 0 radical (unpaired) electrons. The van der Waals surface area contributed by atoms with Crippen molar-refractivity contribution in [2.45, 2.75) is 6.61 Å². The summed E-state index contributed by atoms with van der Waals surface area (Å²) in [5, 5.41) is 8.37. The number of alkyl halides is 2. The van der Waals surface area contributed by atoms with Crippen molar-refractivity contribution in [1.29, 1.82) is 0 Å². The van der Waals surface area contributed by atoms with E-state index in [9.17, 15) is 26.7 Å². The smallest absolute Gasteiger partial charge is 0.387 e. The molecule has 0 spiro atoms. The molecule has 0 aliphatic heterocycles. The lowest BCUT2D eigenvalue weighted by Gasteiger charge is -2.09. The highest BCUT2D eigenvalue weighted by atomic mass is 19.3. The van der Waals surface area contributed by atoms with E-state index >= 15 is 0 Å². The van der Waals surface area contributed by atoms with E-state index in [1.165, 1.54) is 0 Å². The van der Waals surface area contributed by atoms with Crippen LogP contribution in [-0.2, 0) is 0 Å². The van der Waals surface area contributed by atoms with Crippen molar-refractivity contribution in [3.05, 3.63) is 29.1 Å². The SMILES string of the molecule is O=C(O)c1cc(F)c(F)c(OC(F)F)c1F. The van der Waals surface area contributed by atoms with Gasteiger partial charge >= 0.3 is 12.6 Å². The molecular formula is C8H3F5O3. The Morgan fingerprint density at radius 1 is 1.25 bits per heavy atom. The molecule has 0 fully saturated rings. The molecule has 0 bridgehead atoms. The van der Waals surface area contributed by atoms with Gasteiger partial charge in [-0.15, -0.1) is 0 Å². The molecule has 3 nitrogen and oxygen atoms in total. The van der Waals surface area contributed by atoms with Crippen LogP contribution in [0.25, 0.3) is 0 Å². The molecule has 1 N–H and O–H groups in total. The molecule has 1 aromatic rings. The Morgan fingerprint density at radius 2 is 1.81 bits per heavy atom. The van der Waals surface area contributed by atoms with Gasteiger partial charge in [0.2, 0.25) is 11.6 Å². The lowest BCUT2D eigenvalue weighted by molar-refractivity contribution is -0.0551. The van der Waals surface area contributed by atoms with Crippen molar-refractivity contribution in [3.8, 4) is 5.75 Å². The third-order valence-electron chi connectivity index (χ3n) is 1.55. The third kappa shape index (κ3) is 2.20. The van der Waals surface area contributed by atoms with Gasteiger partial charge in [-0.2, -0.15) is 13.2 Å². The van der Waals surface area contributed by atoms with Gasteiger partial charge in [0.15, 0.2) is 11.6 Å². The molecule has 0 aliphatic carbocycles. The van der Waals surface area contributed by atoms with Crippen LogP contribution < -0.4 is 4.74 Å². The van der Waals surface area contributed by atoms with E-state index in [1.807, 2.05) is 0 Å². The molecule has 0 heterocycles. The second-order valence-corrected chi connectivity index (χ2v) is 2.55. The highest BCUT2D eigenvalue weighted by Crippen LogP contribution is 2.28. The van der Waals surface area contributed by atoms with Crippen LogP contribution in [0.15, 0.2) is 6.07 Å². The van der Waals surface area contributed by atoms with Crippen LogP contribution in [0.5, 0.6) is 5.75 Å². The zero-order valence-electron chi connectivity index (χ0n) is 7.31. The number of aromatic carboxylic acids is 1. The Bertz CT molecular complexity index is 432. The number of carboxylic acids is 1. The van der Waals surface area contributed by atoms with Gasteiger partial charge in [0.25, 0.3) is 0 Å². The number of benzene rings is 1. The quantitative estimate of drug-likeness (QED) is 0.653. The molecule has 0 atom stereocenters. The number of ether oxygens (including phenoxy) is 1.